The van der Waals surface area contributed by atoms with Gasteiger partial charge in [-0.05, 0) is 31.9 Å². The Labute approximate surface area is 248 Å². The Morgan fingerprint density at radius 2 is 1.98 bits per heavy atom. The number of fused-ring (bicyclic) bond motifs is 3. The molecule has 0 radical (unpaired) electrons. The Hall–Kier alpha value is -4.10. The van der Waals surface area contributed by atoms with Crippen molar-refractivity contribution in [2.45, 2.75) is 69.7 Å². The van der Waals surface area contributed by atoms with Gasteiger partial charge >= 0.3 is 5.97 Å². The first-order valence-corrected chi connectivity index (χ1v) is 14.8. The Morgan fingerprint density at radius 3 is 2.77 bits per heavy atom. The molecule has 2 fully saturated rings. The van der Waals surface area contributed by atoms with E-state index < -0.39 is 59.5 Å². The lowest BCUT2D eigenvalue weighted by atomic mass is 9.74. The van der Waals surface area contributed by atoms with Crippen molar-refractivity contribution in [1.82, 2.24) is 30.1 Å². The Kier molecular flexibility index (Phi) is 7.77. The van der Waals surface area contributed by atoms with Gasteiger partial charge in [0.1, 0.15) is 35.9 Å². The molecule has 0 saturated carbocycles. The van der Waals surface area contributed by atoms with E-state index >= 15 is 0 Å². The maximum absolute atomic E-state index is 14.7. The van der Waals surface area contributed by atoms with Crippen molar-refractivity contribution >= 4 is 34.7 Å². The number of benzene rings is 1. The number of nitrogens with one attached hydrogen (secondary N) is 1. The molecule has 1 spiro atoms. The first-order valence-electron chi connectivity index (χ1n) is 14.8. The Morgan fingerprint density at radius 1 is 1.16 bits per heavy atom. The van der Waals surface area contributed by atoms with Crippen LogP contribution < -0.4 is 5.32 Å². The molecular weight excluding hydrogens is 556 g/mol. The standard InChI is InChI=1S/C30H36N6O7/c1-3-19(16-37)36-26-28(40)34(17-35-21-10-7-6-9-20(21)32-33-35)14-8-4-5-11-23(38)31-15-18(2)42-29(41)24-22-12-13-30(26,43-22)25(24)27(36)39/h4,6-10,12-13,18-19,22,24-26,37H,3,5,11,14-17H2,1-2H3,(H,31,38)/b8-4-/t18-,19+,22+,24-,25-,26+,30-/m1/s1. The summed E-state index contributed by atoms with van der Waals surface area (Å²) in [4.78, 5) is 57.8. The average molecular weight is 593 g/mol. The number of ether oxygens (including phenoxy) is 2. The third-order valence-corrected chi connectivity index (χ3v) is 8.86. The number of hydrogen-bond acceptors (Lipinski definition) is 9. The number of aliphatic hydroxyl groups is 1. The molecule has 4 aliphatic rings. The van der Waals surface area contributed by atoms with Crippen molar-refractivity contribution in [3.8, 4) is 0 Å². The number of allylic oxidation sites excluding steroid dienone is 1. The van der Waals surface area contributed by atoms with Gasteiger partial charge in [-0.3, -0.25) is 19.2 Å². The lowest BCUT2D eigenvalue weighted by Gasteiger charge is -2.38. The van der Waals surface area contributed by atoms with E-state index in [0.717, 1.165) is 5.52 Å². The quantitative estimate of drug-likeness (QED) is 0.374. The summed E-state index contributed by atoms with van der Waals surface area (Å²) in [6.07, 6.45) is 6.75. The molecule has 6 rings (SSSR count). The molecule has 13 nitrogen and oxygen atoms in total. The van der Waals surface area contributed by atoms with Gasteiger partial charge in [-0.1, -0.05) is 48.6 Å². The number of aromatic nitrogens is 3. The molecule has 1 aromatic carbocycles. The summed E-state index contributed by atoms with van der Waals surface area (Å²) in [6.45, 7) is 3.45. The Bertz CT molecular complexity index is 1480. The van der Waals surface area contributed by atoms with Crippen LogP contribution in [0.25, 0.3) is 11.0 Å². The van der Waals surface area contributed by atoms with E-state index in [1.54, 1.807) is 28.7 Å². The third kappa shape index (κ3) is 4.89. The maximum atomic E-state index is 14.7. The van der Waals surface area contributed by atoms with Gasteiger partial charge < -0.3 is 29.7 Å². The second kappa shape index (κ2) is 11.5. The number of cyclic esters (lactones) is 1. The van der Waals surface area contributed by atoms with Crippen molar-refractivity contribution in [1.29, 1.82) is 0 Å². The zero-order valence-corrected chi connectivity index (χ0v) is 24.2. The number of aliphatic hydroxyl groups excluding tert-OH is 1. The van der Waals surface area contributed by atoms with Crippen molar-refractivity contribution in [3.05, 3.63) is 48.6 Å². The first-order chi connectivity index (χ1) is 20.8. The van der Waals surface area contributed by atoms with E-state index in [9.17, 15) is 24.3 Å². The predicted octanol–water partition coefficient (Wildman–Crippen LogP) is 0.537. The van der Waals surface area contributed by atoms with Crippen LogP contribution in [0.15, 0.2) is 48.6 Å². The highest BCUT2D eigenvalue weighted by Crippen LogP contribution is 2.56. The monoisotopic (exact) mass is 592 g/mol. The van der Waals surface area contributed by atoms with E-state index in [1.807, 2.05) is 43.3 Å². The number of carbonyl (C=O) groups excluding carboxylic acids is 4. The fourth-order valence-corrected chi connectivity index (χ4v) is 6.74. The number of para-hydroxylation sites is 1. The fraction of sp³-hybridized carbons (Fsp3) is 0.533. The molecule has 0 unspecified atom stereocenters. The lowest BCUT2D eigenvalue weighted by Crippen LogP contribution is -2.58. The van der Waals surface area contributed by atoms with Gasteiger partial charge in [0, 0.05) is 13.0 Å². The number of esters is 1. The van der Waals surface area contributed by atoms with E-state index in [0.29, 0.717) is 18.4 Å². The lowest BCUT2D eigenvalue weighted by molar-refractivity contribution is -0.159. The van der Waals surface area contributed by atoms with Crippen LogP contribution in [-0.4, -0.2) is 103 Å². The summed E-state index contributed by atoms with van der Waals surface area (Å²) in [5.74, 6) is -3.65. The molecule has 3 amide bonds. The molecule has 1 aromatic heterocycles. The van der Waals surface area contributed by atoms with Gasteiger partial charge in [-0.2, -0.15) is 0 Å². The molecule has 2 aromatic rings. The second-order valence-corrected chi connectivity index (χ2v) is 11.5. The number of hydrogen-bond donors (Lipinski definition) is 2. The van der Waals surface area contributed by atoms with Gasteiger partial charge in [0.05, 0.1) is 36.7 Å². The number of amides is 3. The van der Waals surface area contributed by atoms with Crippen molar-refractivity contribution < 1.29 is 33.8 Å². The topological polar surface area (TPSA) is 156 Å². The van der Waals surface area contributed by atoms with Gasteiger partial charge in [-0.15, -0.1) is 5.10 Å². The zero-order valence-electron chi connectivity index (χ0n) is 24.2. The SMILES string of the molecule is CC[C@@H](CO)N1C(=O)[C@H]2[C@@H]3C(=O)O[C@H](C)CNC(=O)CC/C=C\CN(Cn4nnc5ccccc54)C(=O)[C@H]1[C@@]21C=C[C@@H]3O1. The molecule has 43 heavy (non-hydrogen) atoms. The summed E-state index contributed by atoms with van der Waals surface area (Å²) in [6, 6.07) is 5.58. The van der Waals surface area contributed by atoms with Gasteiger partial charge in [0.25, 0.3) is 5.91 Å². The summed E-state index contributed by atoms with van der Waals surface area (Å²) >= 11 is 0. The summed E-state index contributed by atoms with van der Waals surface area (Å²) < 4.78 is 13.7. The van der Waals surface area contributed by atoms with Gasteiger partial charge in [0.2, 0.25) is 11.8 Å². The zero-order chi connectivity index (χ0) is 30.3. The highest BCUT2D eigenvalue weighted by Gasteiger charge is 2.74. The largest absolute Gasteiger partial charge is 0.460 e. The molecule has 13 heteroatoms. The van der Waals surface area contributed by atoms with Crippen molar-refractivity contribution in [3.63, 3.8) is 0 Å². The van der Waals surface area contributed by atoms with Gasteiger partial charge in [0.15, 0.2) is 0 Å². The van der Waals surface area contributed by atoms with Crippen LogP contribution in [-0.2, 0) is 35.3 Å². The number of nitrogens with zero attached hydrogens (tertiary/aromatic N) is 5. The van der Waals surface area contributed by atoms with Crippen LogP contribution in [0.5, 0.6) is 0 Å². The average Bonchev–Trinajstić information content (AvgIpc) is 3.75. The van der Waals surface area contributed by atoms with E-state index in [1.165, 1.54) is 4.90 Å². The molecule has 228 valence electrons. The van der Waals surface area contributed by atoms with Crippen LogP contribution in [0.4, 0.5) is 0 Å². The van der Waals surface area contributed by atoms with Crippen LogP contribution in [0.1, 0.15) is 33.1 Å². The maximum Gasteiger partial charge on any atom is 0.313 e. The smallest absolute Gasteiger partial charge is 0.313 e. The highest BCUT2D eigenvalue weighted by molar-refractivity contribution is 5.99. The number of carbonyl (C=O) groups is 4. The predicted molar refractivity (Wildman–Crippen MR) is 152 cm³/mol. The first kappa shape index (κ1) is 29.0. The van der Waals surface area contributed by atoms with Gasteiger partial charge in [-0.25, -0.2) is 4.68 Å². The molecule has 7 atom stereocenters. The summed E-state index contributed by atoms with van der Waals surface area (Å²) in [7, 11) is 0. The van der Waals surface area contributed by atoms with Crippen LogP contribution in [0.2, 0.25) is 0 Å². The fourth-order valence-electron chi connectivity index (χ4n) is 6.74. The van der Waals surface area contributed by atoms with Crippen LogP contribution in [0.3, 0.4) is 0 Å². The van der Waals surface area contributed by atoms with E-state index in [4.69, 9.17) is 9.47 Å². The van der Waals surface area contributed by atoms with Crippen LogP contribution >= 0.6 is 0 Å². The van der Waals surface area contributed by atoms with E-state index in [2.05, 4.69) is 15.6 Å². The minimum Gasteiger partial charge on any atom is -0.460 e. The number of rotatable bonds is 5. The normalized spacial score (nSPS) is 32.7. The third-order valence-electron chi connectivity index (χ3n) is 8.86. The molecular formula is C30H36N6O7. The van der Waals surface area contributed by atoms with Crippen molar-refractivity contribution in [2.24, 2.45) is 11.8 Å². The minimum atomic E-state index is -1.41. The minimum absolute atomic E-state index is 0.0233. The van der Waals surface area contributed by atoms with E-state index in [-0.39, 0.29) is 38.7 Å². The molecule has 0 aliphatic carbocycles. The molecule has 4 aliphatic heterocycles. The van der Waals surface area contributed by atoms with Crippen LogP contribution in [0, 0.1) is 11.8 Å². The molecule has 5 bridgehead atoms. The summed E-state index contributed by atoms with van der Waals surface area (Å²) in [5.41, 5.74) is -0.0181. The number of likely N-dealkylation sites (tertiary alicyclic amines) is 1. The van der Waals surface area contributed by atoms with Crippen molar-refractivity contribution in [2.75, 3.05) is 19.7 Å². The molecule has 5 heterocycles. The molecule has 2 N–H and O–H groups in total. The highest BCUT2D eigenvalue weighted by atomic mass is 16.6. The second-order valence-electron chi connectivity index (χ2n) is 11.5. The summed E-state index contributed by atoms with van der Waals surface area (Å²) in [5, 5.41) is 21.6. The molecule has 2 saturated heterocycles. The Balaban J connectivity index is 1.43.